The van der Waals surface area contributed by atoms with E-state index in [2.05, 4.69) is 0 Å². The number of rotatable bonds is 2. The summed E-state index contributed by atoms with van der Waals surface area (Å²) in [4.78, 5) is 0. The number of nitrogens with two attached hydrogens (primary N) is 1. The third-order valence-corrected chi connectivity index (χ3v) is 6.33. The average molecular weight is 294 g/mol. The number of para-hydroxylation sites is 1. The highest BCUT2D eigenvalue weighted by Crippen LogP contribution is 2.32. The Morgan fingerprint density at radius 1 is 1.21 bits per heavy atom. The van der Waals surface area contributed by atoms with Crippen LogP contribution in [0.1, 0.15) is 5.56 Å². The fraction of sp³-hybridized carbons (Fsp3) is 0.231. The molecule has 2 aromatic rings. The van der Waals surface area contributed by atoms with Crippen LogP contribution >= 0.6 is 11.3 Å². The highest BCUT2D eigenvalue weighted by Gasteiger charge is 2.32. The van der Waals surface area contributed by atoms with Crippen LogP contribution in [0.4, 0.5) is 5.69 Å². The van der Waals surface area contributed by atoms with Gasteiger partial charge in [-0.25, -0.2) is 8.42 Å². The first-order valence-corrected chi connectivity index (χ1v) is 8.31. The Morgan fingerprint density at radius 3 is 2.74 bits per heavy atom. The zero-order valence-corrected chi connectivity index (χ0v) is 11.8. The van der Waals surface area contributed by atoms with Gasteiger partial charge in [0.1, 0.15) is 4.21 Å². The minimum atomic E-state index is -3.49. The molecule has 4 nitrogen and oxygen atoms in total. The van der Waals surface area contributed by atoms with Gasteiger partial charge >= 0.3 is 0 Å². The normalized spacial score (nSPS) is 19.2. The first-order valence-electron chi connectivity index (χ1n) is 5.99. The maximum Gasteiger partial charge on any atom is 0.273 e. The summed E-state index contributed by atoms with van der Waals surface area (Å²) in [6, 6.07) is 10.7. The summed E-state index contributed by atoms with van der Waals surface area (Å²) in [7, 11) is -3.49. The molecular formula is C13H14N2O2S2. The number of nitrogens with zero attached hydrogens (tertiary/aromatic N) is 1. The van der Waals surface area contributed by atoms with Gasteiger partial charge in [0.15, 0.2) is 0 Å². The van der Waals surface area contributed by atoms with Gasteiger partial charge in [-0.3, -0.25) is 4.31 Å². The number of hydrogen-bond donors (Lipinski definition) is 1. The molecule has 1 aromatic heterocycles. The molecule has 2 N–H and O–H groups in total. The quantitative estimate of drug-likeness (QED) is 0.919. The van der Waals surface area contributed by atoms with Gasteiger partial charge in [0.25, 0.3) is 10.0 Å². The van der Waals surface area contributed by atoms with Crippen molar-refractivity contribution in [2.45, 2.75) is 16.7 Å². The molecule has 1 unspecified atom stereocenters. The van der Waals surface area contributed by atoms with Gasteiger partial charge < -0.3 is 5.73 Å². The van der Waals surface area contributed by atoms with Gasteiger partial charge in [-0.15, -0.1) is 11.3 Å². The molecule has 1 aliphatic rings. The molecule has 0 saturated carbocycles. The molecule has 0 fully saturated rings. The third kappa shape index (κ3) is 2.16. The number of hydrogen-bond acceptors (Lipinski definition) is 4. The van der Waals surface area contributed by atoms with Crippen LogP contribution in [0.2, 0.25) is 0 Å². The van der Waals surface area contributed by atoms with E-state index in [1.165, 1.54) is 15.6 Å². The molecule has 1 aromatic carbocycles. The highest BCUT2D eigenvalue weighted by molar-refractivity contribution is 7.94. The SMILES string of the molecule is NC1Cc2ccccc2N(S(=O)(=O)c2cccs2)C1. The van der Waals surface area contributed by atoms with Crippen molar-refractivity contribution in [3.05, 3.63) is 47.3 Å². The molecule has 6 heteroatoms. The van der Waals surface area contributed by atoms with Crippen molar-refractivity contribution in [3.63, 3.8) is 0 Å². The van der Waals surface area contributed by atoms with E-state index in [9.17, 15) is 8.42 Å². The van der Waals surface area contributed by atoms with E-state index < -0.39 is 10.0 Å². The molecule has 19 heavy (non-hydrogen) atoms. The fourth-order valence-corrected chi connectivity index (χ4v) is 5.00. The van der Waals surface area contributed by atoms with Crippen LogP contribution in [0, 0.1) is 0 Å². The van der Waals surface area contributed by atoms with Crippen molar-refractivity contribution in [1.82, 2.24) is 0 Å². The van der Waals surface area contributed by atoms with Crippen LogP contribution in [-0.2, 0) is 16.4 Å². The molecule has 0 aliphatic carbocycles. The predicted octanol–water partition coefficient (Wildman–Crippen LogP) is 1.83. The Morgan fingerprint density at radius 2 is 2.00 bits per heavy atom. The van der Waals surface area contributed by atoms with Gasteiger partial charge in [-0.05, 0) is 29.5 Å². The Kier molecular flexibility index (Phi) is 3.08. The summed E-state index contributed by atoms with van der Waals surface area (Å²) in [5.74, 6) is 0. The van der Waals surface area contributed by atoms with Gasteiger partial charge in [-0.2, -0.15) is 0 Å². The minimum absolute atomic E-state index is 0.162. The zero-order valence-electron chi connectivity index (χ0n) is 10.2. The second-order valence-electron chi connectivity index (χ2n) is 4.56. The van der Waals surface area contributed by atoms with Crippen LogP contribution in [0.15, 0.2) is 46.0 Å². The summed E-state index contributed by atoms with van der Waals surface area (Å²) >= 11 is 1.23. The van der Waals surface area contributed by atoms with Crippen molar-refractivity contribution < 1.29 is 8.42 Å². The van der Waals surface area contributed by atoms with Gasteiger partial charge in [0.2, 0.25) is 0 Å². The molecule has 0 amide bonds. The van der Waals surface area contributed by atoms with E-state index in [4.69, 9.17) is 5.73 Å². The first-order chi connectivity index (χ1) is 9.09. The Balaban J connectivity index is 2.11. The molecular weight excluding hydrogens is 280 g/mol. The first kappa shape index (κ1) is 12.7. The van der Waals surface area contributed by atoms with Crippen molar-refractivity contribution in [3.8, 4) is 0 Å². The number of sulfonamides is 1. The molecule has 0 radical (unpaired) electrons. The van der Waals surface area contributed by atoms with E-state index in [-0.39, 0.29) is 6.04 Å². The smallest absolute Gasteiger partial charge is 0.273 e. The summed E-state index contributed by atoms with van der Waals surface area (Å²) in [5.41, 5.74) is 7.72. The van der Waals surface area contributed by atoms with Gasteiger partial charge in [-0.1, -0.05) is 24.3 Å². The van der Waals surface area contributed by atoms with E-state index in [0.717, 1.165) is 11.3 Å². The number of benzene rings is 1. The zero-order chi connectivity index (χ0) is 13.5. The molecule has 0 bridgehead atoms. The summed E-state index contributed by atoms with van der Waals surface area (Å²) in [6.07, 6.45) is 0.715. The van der Waals surface area contributed by atoms with Crippen LogP contribution in [-0.4, -0.2) is 21.0 Å². The van der Waals surface area contributed by atoms with Crippen molar-refractivity contribution in [2.24, 2.45) is 5.73 Å². The van der Waals surface area contributed by atoms with Crippen LogP contribution < -0.4 is 10.0 Å². The monoisotopic (exact) mass is 294 g/mol. The number of fused-ring (bicyclic) bond motifs is 1. The molecule has 2 heterocycles. The van der Waals surface area contributed by atoms with Crippen LogP contribution in [0.5, 0.6) is 0 Å². The highest BCUT2D eigenvalue weighted by atomic mass is 32.2. The minimum Gasteiger partial charge on any atom is -0.326 e. The fourth-order valence-electron chi connectivity index (χ4n) is 2.33. The Hall–Kier alpha value is -1.37. The molecule has 0 spiro atoms. The van der Waals surface area contributed by atoms with Crippen LogP contribution in [0.3, 0.4) is 0 Å². The number of thiophene rings is 1. The van der Waals surface area contributed by atoms with E-state index in [1.54, 1.807) is 17.5 Å². The standard InChI is InChI=1S/C13H14N2O2S2/c14-11-8-10-4-1-2-5-12(10)15(9-11)19(16,17)13-6-3-7-18-13/h1-7,11H,8-9,14H2. The third-order valence-electron chi connectivity index (χ3n) is 3.18. The van der Waals surface area contributed by atoms with Crippen LogP contribution in [0.25, 0.3) is 0 Å². The predicted molar refractivity (Wildman–Crippen MR) is 77.0 cm³/mol. The maximum atomic E-state index is 12.6. The number of anilines is 1. The lowest BCUT2D eigenvalue weighted by atomic mass is 10.0. The molecule has 0 saturated heterocycles. The maximum absolute atomic E-state index is 12.6. The lowest BCUT2D eigenvalue weighted by Crippen LogP contribution is -2.45. The van der Waals surface area contributed by atoms with E-state index in [1.807, 2.05) is 24.3 Å². The lowest BCUT2D eigenvalue weighted by molar-refractivity contribution is 0.577. The van der Waals surface area contributed by atoms with E-state index >= 15 is 0 Å². The van der Waals surface area contributed by atoms with Gasteiger partial charge in [0, 0.05) is 12.6 Å². The summed E-state index contributed by atoms with van der Waals surface area (Å²) in [6.45, 7) is 0.331. The van der Waals surface area contributed by atoms with Crippen molar-refractivity contribution in [1.29, 1.82) is 0 Å². The van der Waals surface area contributed by atoms with E-state index in [0.29, 0.717) is 17.2 Å². The molecule has 100 valence electrons. The lowest BCUT2D eigenvalue weighted by Gasteiger charge is -2.33. The average Bonchev–Trinajstić information content (AvgIpc) is 2.92. The molecule has 3 rings (SSSR count). The Bertz CT molecular complexity index is 680. The van der Waals surface area contributed by atoms with Crippen molar-refractivity contribution >= 4 is 27.0 Å². The molecule has 1 atom stereocenters. The second-order valence-corrected chi connectivity index (χ2v) is 7.60. The second kappa shape index (κ2) is 4.63. The largest absolute Gasteiger partial charge is 0.326 e. The topological polar surface area (TPSA) is 63.4 Å². The summed E-state index contributed by atoms with van der Waals surface area (Å²) in [5, 5.41) is 1.77. The summed E-state index contributed by atoms with van der Waals surface area (Å²) < 4.78 is 27.1. The Labute approximate surface area is 116 Å². The molecule has 1 aliphatic heterocycles. The van der Waals surface area contributed by atoms with Gasteiger partial charge in [0.05, 0.1) is 5.69 Å². The van der Waals surface area contributed by atoms with Crippen molar-refractivity contribution in [2.75, 3.05) is 10.8 Å².